The van der Waals surface area contributed by atoms with Gasteiger partial charge in [0.25, 0.3) is 0 Å². The van der Waals surface area contributed by atoms with Crippen LogP contribution in [0.25, 0.3) is 10.9 Å². The molecule has 3 heteroatoms. The monoisotopic (exact) mass is 240 g/mol. The first-order valence-electron chi connectivity index (χ1n) is 6.31. The second kappa shape index (κ2) is 3.61. The molecule has 1 aliphatic rings. The number of hydrogen-bond acceptors (Lipinski definition) is 3. The lowest BCUT2D eigenvalue weighted by molar-refractivity contribution is 0.0731. The molecule has 2 aromatic rings. The van der Waals surface area contributed by atoms with E-state index < -0.39 is 0 Å². The van der Waals surface area contributed by atoms with Crippen molar-refractivity contribution in [3.63, 3.8) is 0 Å². The van der Waals surface area contributed by atoms with E-state index in [0.29, 0.717) is 5.92 Å². The van der Waals surface area contributed by atoms with E-state index in [1.165, 1.54) is 0 Å². The summed E-state index contributed by atoms with van der Waals surface area (Å²) in [5.41, 5.74) is 2.11. The maximum Gasteiger partial charge on any atom is 0.171 e. The lowest BCUT2D eigenvalue weighted by Gasteiger charge is -2.35. The van der Waals surface area contributed by atoms with Crippen molar-refractivity contribution in [2.45, 2.75) is 27.2 Å². The van der Waals surface area contributed by atoms with Gasteiger partial charge < -0.3 is 0 Å². The van der Waals surface area contributed by atoms with Crippen LogP contribution in [0, 0.1) is 11.3 Å². The summed E-state index contributed by atoms with van der Waals surface area (Å²) in [6.45, 7) is 6.16. The van der Waals surface area contributed by atoms with Gasteiger partial charge in [-0.05, 0) is 18.4 Å². The minimum atomic E-state index is -0.321. The number of fused-ring (bicyclic) bond motifs is 3. The average molecular weight is 240 g/mol. The van der Waals surface area contributed by atoms with E-state index in [2.05, 4.69) is 17.1 Å². The van der Waals surface area contributed by atoms with E-state index in [1.54, 1.807) is 0 Å². The molecule has 0 saturated carbocycles. The molecule has 92 valence electrons. The minimum Gasteiger partial charge on any atom is -0.293 e. The molecule has 1 aromatic carbocycles. The van der Waals surface area contributed by atoms with Gasteiger partial charge in [0, 0.05) is 10.8 Å². The van der Waals surface area contributed by atoms with Gasteiger partial charge in [0.05, 0.1) is 16.8 Å². The van der Waals surface area contributed by atoms with Gasteiger partial charge in [-0.2, -0.15) is 10.2 Å². The van der Waals surface area contributed by atoms with Gasteiger partial charge in [-0.25, -0.2) is 0 Å². The normalized spacial score (nSPS) is 21.9. The highest BCUT2D eigenvalue weighted by Gasteiger charge is 2.41. The Balaban J connectivity index is 2.34. The molecule has 0 fully saturated rings. The van der Waals surface area contributed by atoms with Crippen LogP contribution >= 0.6 is 0 Å². The van der Waals surface area contributed by atoms with Crippen molar-refractivity contribution in [1.82, 2.24) is 10.2 Å². The summed E-state index contributed by atoms with van der Waals surface area (Å²) >= 11 is 0. The first-order valence-corrected chi connectivity index (χ1v) is 6.31. The van der Waals surface area contributed by atoms with Gasteiger partial charge in [0.1, 0.15) is 0 Å². The van der Waals surface area contributed by atoms with Crippen molar-refractivity contribution in [1.29, 1.82) is 0 Å². The maximum atomic E-state index is 12.7. The molecule has 0 saturated heterocycles. The molecule has 0 aliphatic heterocycles. The van der Waals surface area contributed by atoms with Crippen LogP contribution in [0.1, 0.15) is 36.8 Å². The Kier molecular flexibility index (Phi) is 2.27. The number of carbonyl (C=O) groups excluding carboxylic acids is 1. The molecule has 0 bridgehead atoms. The fourth-order valence-corrected chi connectivity index (χ4v) is 2.58. The number of Topliss-reactive ketones (excluding diaryl/α,β-unsaturated/α-hetero) is 1. The van der Waals surface area contributed by atoms with Crippen LogP contribution in [0.3, 0.4) is 0 Å². The van der Waals surface area contributed by atoms with Crippen molar-refractivity contribution < 1.29 is 4.79 Å². The predicted molar refractivity (Wildman–Crippen MR) is 70.5 cm³/mol. The van der Waals surface area contributed by atoms with E-state index in [1.807, 2.05) is 38.1 Å². The Morgan fingerprint density at radius 3 is 2.72 bits per heavy atom. The first-order chi connectivity index (χ1) is 8.51. The van der Waals surface area contributed by atoms with Crippen LogP contribution in [0.2, 0.25) is 0 Å². The van der Waals surface area contributed by atoms with Crippen LogP contribution in [0.5, 0.6) is 0 Å². The summed E-state index contributed by atoms with van der Waals surface area (Å²) in [5, 5.41) is 9.39. The summed E-state index contributed by atoms with van der Waals surface area (Å²) in [6.07, 6.45) is 0.825. The third-order valence-corrected chi connectivity index (χ3v) is 4.28. The zero-order valence-corrected chi connectivity index (χ0v) is 10.9. The molecule has 0 amide bonds. The Morgan fingerprint density at radius 2 is 1.94 bits per heavy atom. The number of rotatable bonds is 0. The third-order valence-electron chi connectivity index (χ3n) is 4.28. The molecular formula is C15H16N2O. The largest absolute Gasteiger partial charge is 0.293 e. The number of ketones is 1. The van der Waals surface area contributed by atoms with E-state index >= 15 is 0 Å². The van der Waals surface area contributed by atoms with Crippen molar-refractivity contribution in [2.75, 3.05) is 0 Å². The summed E-state index contributed by atoms with van der Waals surface area (Å²) in [4.78, 5) is 12.7. The van der Waals surface area contributed by atoms with Gasteiger partial charge in [-0.3, -0.25) is 4.79 Å². The molecular weight excluding hydrogens is 224 g/mol. The van der Waals surface area contributed by atoms with Gasteiger partial charge >= 0.3 is 0 Å². The molecule has 3 rings (SSSR count). The molecule has 0 N–H and O–H groups in total. The third kappa shape index (κ3) is 1.40. The van der Waals surface area contributed by atoms with Crippen molar-refractivity contribution >= 4 is 16.7 Å². The Labute approximate surface area is 106 Å². The highest BCUT2D eigenvalue weighted by molar-refractivity contribution is 6.11. The van der Waals surface area contributed by atoms with Crippen LogP contribution in [0.4, 0.5) is 0 Å². The number of benzene rings is 1. The zero-order valence-electron chi connectivity index (χ0n) is 10.9. The highest BCUT2D eigenvalue weighted by atomic mass is 16.1. The molecule has 1 aliphatic carbocycles. The lowest BCUT2D eigenvalue weighted by Crippen LogP contribution is -2.38. The van der Waals surface area contributed by atoms with Crippen molar-refractivity contribution in [2.24, 2.45) is 11.3 Å². The second-order valence-electron chi connectivity index (χ2n) is 5.69. The average Bonchev–Trinajstić information content (AvgIpc) is 2.36. The van der Waals surface area contributed by atoms with E-state index in [-0.39, 0.29) is 11.2 Å². The summed E-state index contributed by atoms with van der Waals surface area (Å²) in [5.74, 6) is 0.496. The number of carbonyl (C=O) groups is 1. The van der Waals surface area contributed by atoms with E-state index in [9.17, 15) is 4.79 Å². The van der Waals surface area contributed by atoms with Crippen LogP contribution < -0.4 is 0 Å². The second-order valence-corrected chi connectivity index (χ2v) is 5.69. The lowest BCUT2D eigenvalue weighted by atomic mass is 9.67. The molecule has 1 unspecified atom stereocenters. The van der Waals surface area contributed by atoms with E-state index in [0.717, 1.165) is 28.6 Å². The fourth-order valence-electron chi connectivity index (χ4n) is 2.58. The molecule has 1 aromatic heterocycles. The minimum absolute atomic E-state index is 0.197. The van der Waals surface area contributed by atoms with Crippen LogP contribution in [-0.2, 0) is 6.42 Å². The highest BCUT2D eigenvalue weighted by Crippen LogP contribution is 2.40. The molecule has 1 atom stereocenters. The zero-order chi connectivity index (χ0) is 12.9. The number of nitrogens with zero attached hydrogens (tertiary/aromatic N) is 2. The van der Waals surface area contributed by atoms with Gasteiger partial charge in [-0.15, -0.1) is 0 Å². The summed E-state index contributed by atoms with van der Waals surface area (Å²) in [6, 6.07) is 7.74. The summed E-state index contributed by atoms with van der Waals surface area (Å²) < 4.78 is 0. The standard InChI is InChI=1S/C15H16N2O/c1-9-8-12-13(14(18)15(9,2)3)10-6-4-5-7-11(10)16-17-12/h4-7,9H,8H2,1-3H3. The Morgan fingerprint density at radius 1 is 1.22 bits per heavy atom. The SMILES string of the molecule is CC1Cc2nnc3ccccc3c2C(=O)C1(C)C. The topological polar surface area (TPSA) is 42.9 Å². The van der Waals surface area contributed by atoms with Crippen LogP contribution in [0.15, 0.2) is 24.3 Å². The van der Waals surface area contributed by atoms with Gasteiger partial charge in [0.15, 0.2) is 5.78 Å². The number of hydrogen-bond donors (Lipinski definition) is 0. The number of aromatic nitrogens is 2. The van der Waals surface area contributed by atoms with E-state index in [4.69, 9.17) is 0 Å². The Bertz CT molecular complexity index is 646. The molecule has 0 radical (unpaired) electrons. The smallest absolute Gasteiger partial charge is 0.171 e. The Hall–Kier alpha value is -1.77. The van der Waals surface area contributed by atoms with Gasteiger partial charge in [-0.1, -0.05) is 39.0 Å². The van der Waals surface area contributed by atoms with Gasteiger partial charge in [0.2, 0.25) is 0 Å². The van der Waals surface area contributed by atoms with Crippen LogP contribution in [-0.4, -0.2) is 16.0 Å². The maximum absolute atomic E-state index is 12.7. The molecule has 3 nitrogen and oxygen atoms in total. The first kappa shape index (κ1) is 11.3. The fraction of sp³-hybridized carbons (Fsp3) is 0.400. The predicted octanol–water partition coefficient (Wildman–Crippen LogP) is 3.03. The quantitative estimate of drug-likeness (QED) is 0.710. The molecule has 0 spiro atoms. The summed E-state index contributed by atoms with van der Waals surface area (Å²) in [7, 11) is 0. The van der Waals surface area contributed by atoms with Crippen molar-refractivity contribution in [3.8, 4) is 0 Å². The molecule has 1 heterocycles. The van der Waals surface area contributed by atoms with Crippen molar-refractivity contribution in [3.05, 3.63) is 35.5 Å². The molecule has 18 heavy (non-hydrogen) atoms.